The summed E-state index contributed by atoms with van der Waals surface area (Å²) in [5.41, 5.74) is 103. The van der Waals surface area contributed by atoms with Crippen LogP contribution in [0.4, 0.5) is 4.79 Å². The largest absolute Gasteiger partial charge is 0.497 e. The lowest BCUT2D eigenvalue weighted by molar-refractivity contribution is 0.0505. The van der Waals surface area contributed by atoms with E-state index in [1.807, 2.05) is 82.3 Å². The number of aromatic nitrogens is 2. The first kappa shape index (κ1) is 86.4. The monoisotopic (exact) mass is 1500 g/mol. The number of amides is 3. The molecule has 0 saturated carbocycles. The van der Waals surface area contributed by atoms with Crippen LogP contribution in [0.25, 0.3) is 11.1 Å². The second-order valence-corrected chi connectivity index (χ2v) is 24.6. The molecular weight excluding hydrogens is 1430 g/mol. The van der Waals surface area contributed by atoms with E-state index >= 15 is 0 Å². The molecule has 3 aromatic carbocycles. The van der Waals surface area contributed by atoms with Gasteiger partial charge in [-0.25, -0.2) is 4.79 Å². The molecule has 5 aromatic rings. The van der Waals surface area contributed by atoms with E-state index in [4.69, 9.17) is 23.7 Å². The highest BCUT2D eigenvalue weighted by atomic mass is 16.7. The van der Waals surface area contributed by atoms with Crippen molar-refractivity contribution in [2.75, 3.05) is 80.5 Å². The number of benzene rings is 3. The first-order valence-corrected chi connectivity index (χ1v) is 36.3. The molecule has 2 saturated heterocycles. The summed E-state index contributed by atoms with van der Waals surface area (Å²) < 4.78 is 28.0. The van der Waals surface area contributed by atoms with Crippen molar-refractivity contribution in [1.29, 1.82) is 0 Å². The van der Waals surface area contributed by atoms with Gasteiger partial charge < -0.3 is 48.7 Å². The summed E-state index contributed by atoms with van der Waals surface area (Å²) in [6.07, 6.45) is 13.2. The van der Waals surface area contributed by atoms with Crippen LogP contribution in [-0.4, -0.2) is 123 Å². The number of rotatable bonds is 15. The van der Waals surface area contributed by atoms with Crippen molar-refractivity contribution < 1.29 is 38.1 Å². The topological polar surface area (TPSA) is 165 Å². The van der Waals surface area contributed by atoms with Gasteiger partial charge in [0.05, 0.1) is 14.2 Å². The van der Waals surface area contributed by atoms with Crippen LogP contribution in [0, 0.1) is 10.8 Å². The van der Waals surface area contributed by atoms with Crippen LogP contribution in [0.3, 0.4) is 0 Å². The Morgan fingerprint density at radius 1 is 0.487 bits per heavy atom. The molecule has 2 aliphatic heterocycles. The van der Waals surface area contributed by atoms with E-state index in [0.29, 0.717) is 62.0 Å². The molecule has 560 valence electrons. The van der Waals surface area contributed by atoms with Crippen molar-refractivity contribution in [3.63, 3.8) is 0 Å². The lowest BCUT2D eigenvalue weighted by Gasteiger charge is -2.43. The van der Waals surface area contributed by atoms with Gasteiger partial charge in [0.15, 0.2) is 12.2 Å². The van der Waals surface area contributed by atoms with E-state index in [2.05, 4.69) is 271 Å². The van der Waals surface area contributed by atoms with Gasteiger partial charge in [0.1, 0.15) is 35.2 Å². The van der Waals surface area contributed by atoms with Gasteiger partial charge in [-0.05, 0) is 258 Å². The van der Waals surface area contributed by atoms with Crippen molar-refractivity contribution in [1.82, 2.24) is 30.0 Å². The Bertz CT molecular complexity index is 6140. The predicted molar refractivity (Wildman–Crippen MR) is 435 cm³/mol. The lowest BCUT2D eigenvalue weighted by atomic mass is 9.67. The zero-order valence-electron chi connectivity index (χ0n) is 65.0. The highest BCUT2D eigenvalue weighted by molar-refractivity contribution is 5.95. The number of nitrogens with zero attached hydrogens (tertiary/aromatic N) is 4. The van der Waals surface area contributed by atoms with Gasteiger partial charge in [-0.1, -0.05) is 66.1 Å². The van der Waals surface area contributed by atoms with E-state index < -0.39 is 0 Å². The van der Waals surface area contributed by atoms with Crippen LogP contribution in [0.5, 0.6) is 17.2 Å². The van der Waals surface area contributed by atoms with Crippen LogP contribution in [0.15, 0.2) is 339 Å². The number of nitrogens with one attached hydrogen (secondary N) is 2. The van der Waals surface area contributed by atoms with Gasteiger partial charge in [0, 0.05) is 197 Å². The Kier molecular flexibility index (Phi) is 36.5. The summed E-state index contributed by atoms with van der Waals surface area (Å²) in [5.74, 6) is 1.75. The Hall–Kier alpha value is -15.9. The van der Waals surface area contributed by atoms with Crippen LogP contribution >= 0.6 is 0 Å². The first-order chi connectivity index (χ1) is 56.3. The van der Waals surface area contributed by atoms with E-state index in [0.717, 1.165) is 96.5 Å². The summed E-state index contributed by atoms with van der Waals surface area (Å²) in [6.45, 7) is 20.2. The number of pyridine rings is 2. The number of piperidine rings is 2. The predicted octanol–water partition coefficient (Wildman–Crippen LogP) is 15.9. The SMILES string of the molecule is C=C=C=C=C=C=C=C=C=C=C=C=C=C=C=C=C=C=C=C=C=C=C=C=C=C=C=C=C=C=C=C=C=C=C=C=C=C=C=C.CCN(CC)C(=O)c1cc(=O)c(C2=CC3(CCNCC3)Cc3ccc(OC)cc32)c[nH]1.CCN(CC)C(=O)c1cc(OCOC)c(C2=CC3(CCN(C(=O)OCc4ccccc4)CC3)Cc3ccc(OC)cc32)cn1. The zero-order valence-corrected chi connectivity index (χ0v) is 65.0. The Labute approximate surface area is 669 Å². The molecule has 4 aliphatic rings. The molecule has 4 heterocycles. The maximum absolute atomic E-state index is 13.2. The van der Waals surface area contributed by atoms with Gasteiger partial charge in [-0.2, -0.15) is 0 Å². The van der Waals surface area contributed by atoms with Crippen molar-refractivity contribution in [3.8, 4) is 17.2 Å². The molecule has 2 N–H and O–H groups in total. The second-order valence-electron chi connectivity index (χ2n) is 24.6. The van der Waals surface area contributed by atoms with Crippen LogP contribution < -0.4 is 25.0 Å². The Balaban J connectivity index is 0.000000242. The van der Waals surface area contributed by atoms with Crippen molar-refractivity contribution in [2.24, 2.45) is 10.8 Å². The summed E-state index contributed by atoms with van der Waals surface area (Å²) in [7, 11) is 4.88. The molecule has 15 nitrogen and oxygen atoms in total. The zero-order chi connectivity index (χ0) is 82.0. The number of ether oxygens (including phenoxy) is 5. The maximum Gasteiger partial charge on any atom is 0.410 e. The second kappa shape index (κ2) is 48.5. The molecule has 9 rings (SSSR count). The summed E-state index contributed by atoms with van der Waals surface area (Å²) in [4.78, 5) is 64.9. The number of carbonyl (C=O) groups is 3. The molecule has 3 amide bonds. The number of methoxy groups -OCH3 is 3. The third-order valence-corrected chi connectivity index (χ3v) is 17.6. The van der Waals surface area contributed by atoms with Crippen molar-refractivity contribution in [2.45, 2.75) is 72.8 Å². The van der Waals surface area contributed by atoms with Crippen LogP contribution in [0.1, 0.15) is 113 Å². The van der Waals surface area contributed by atoms with Crippen molar-refractivity contribution >= 4 is 29.1 Å². The molecule has 2 aliphatic carbocycles. The normalized spacial score (nSPS) is 11.8. The summed E-state index contributed by atoms with van der Waals surface area (Å²) in [6, 6.07) is 25.1. The molecule has 2 aromatic heterocycles. The highest BCUT2D eigenvalue weighted by Crippen LogP contribution is 2.49. The number of carbonyl (C=O) groups excluding carboxylic acids is 3. The Morgan fingerprint density at radius 2 is 0.887 bits per heavy atom. The molecule has 2 spiro atoms. The fourth-order valence-electron chi connectivity index (χ4n) is 12.1. The lowest BCUT2D eigenvalue weighted by Crippen LogP contribution is -2.44. The van der Waals surface area contributed by atoms with Crippen LogP contribution in [0.2, 0.25) is 0 Å². The van der Waals surface area contributed by atoms with Gasteiger partial charge in [0.2, 0.25) is 0 Å². The number of H-pyrrole nitrogens is 1. The summed E-state index contributed by atoms with van der Waals surface area (Å²) >= 11 is 0. The van der Waals surface area contributed by atoms with Gasteiger partial charge in [0.25, 0.3) is 11.8 Å². The average molecular weight is 1510 g/mol. The first-order valence-electron chi connectivity index (χ1n) is 36.3. The maximum atomic E-state index is 13.2. The molecular formula is C100H76N6O9. The number of likely N-dealkylation sites (tertiary alicyclic amines) is 1. The Morgan fingerprint density at radius 3 is 1.28 bits per heavy atom. The van der Waals surface area contributed by atoms with Gasteiger partial charge >= 0.3 is 6.09 Å². The standard InChI is InChI=1S/C40H4.C35H41N3O6.C25H31N3O3/c1-3-5-7-9-11-13-15-17-19-21-23-25-27-29-31-33-35-37-39-40-38-36-34-32-30-28-26-24-22-20-18-16-14-12-10-8-6-4-2;1-5-37(6-2)33(39)31-19-32(44-24-41-3)30(22-36-31)29-21-35(20-26-12-13-27(42-4)18-28(26)29)14-16-38(17-15-35)34(40)43-23-25-10-8-7-9-11-25;1-4-28(5-2)24(30)22-13-23(29)21(16-27-22)20-15-25(8-10-26-11-9-25)14-17-6-7-18(31-3)12-19(17)20/h1-2H2;7-13,18-19,21-22H,5-6,14-17,20,23-24H2,1-4H3;6-7,12-13,15-16,26H,4-5,8-11,14H2,1-3H3,(H,27,29). The molecule has 0 radical (unpaired) electrons. The molecule has 0 atom stereocenters. The fourth-order valence-corrected chi connectivity index (χ4v) is 12.1. The minimum absolute atomic E-state index is 0.0271. The third kappa shape index (κ3) is 28.0. The van der Waals surface area contributed by atoms with E-state index in [9.17, 15) is 19.2 Å². The summed E-state index contributed by atoms with van der Waals surface area (Å²) in [5, 5.41) is 3.45. The minimum Gasteiger partial charge on any atom is -0.497 e. The number of allylic oxidation sites excluding steroid dienone is 2. The van der Waals surface area contributed by atoms with E-state index in [-0.39, 0.29) is 47.6 Å². The fraction of sp³-hybridized carbons (Fsp3) is 0.250. The van der Waals surface area contributed by atoms with Crippen molar-refractivity contribution in [3.05, 3.63) is 395 Å². The molecule has 0 bridgehead atoms. The van der Waals surface area contributed by atoms with Crippen LogP contribution in [-0.2, 0) is 28.9 Å². The molecule has 2 fully saturated rings. The highest BCUT2D eigenvalue weighted by Gasteiger charge is 2.40. The van der Waals surface area contributed by atoms with Gasteiger partial charge in [-0.15, -0.1) is 0 Å². The van der Waals surface area contributed by atoms with Gasteiger partial charge in [-0.3, -0.25) is 19.4 Å². The molecule has 0 unspecified atom stereocenters. The quantitative estimate of drug-likeness (QED) is 0.0757. The number of hydrogen-bond donors (Lipinski definition) is 2. The number of aromatic amines is 1. The molecule has 115 heavy (non-hydrogen) atoms. The number of hydrogen-bond acceptors (Lipinski definition) is 11. The minimum atomic E-state index is -0.290. The van der Waals surface area contributed by atoms with E-state index in [1.165, 1.54) is 17.2 Å². The van der Waals surface area contributed by atoms with E-state index in [1.54, 1.807) is 54.5 Å². The smallest absolute Gasteiger partial charge is 0.410 e. The average Bonchev–Trinajstić information content (AvgIpc) is 0.751. The molecule has 15 heteroatoms. The third-order valence-electron chi connectivity index (χ3n) is 17.6. The number of fused-ring (bicyclic) bond motifs is 2.